The molecule has 0 fully saturated rings. The number of hydrogen-bond donors (Lipinski definition) is 0. The van der Waals surface area contributed by atoms with Gasteiger partial charge in [0.15, 0.2) is 0 Å². The van der Waals surface area contributed by atoms with Crippen molar-refractivity contribution < 1.29 is 14.3 Å². The third-order valence-corrected chi connectivity index (χ3v) is 3.19. The monoisotopic (exact) mass is 315 g/mol. The topological polar surface area (TPSA) is 38.8 Å². The van der Waals surface area contributed by atoms with Crippen molar-refractivity contribution in [1.29, 1.82) is 0 Å². The zero-order valence-electron chi connectivity index (χ0n) is 11.1. The lowest BCUT2D eigenvalue weighted by Crippen LogP contribution is -2.31. The summed E-state index contributed by atoms with van der Waals surface area (Å²) in [4.78, 5) is 14.2. The van der Waals surface area contributed by atoms with E-state index in [0.29, 0.717) is 30.2 Å². The molecule has 0 aliphatic carbocycles. The highest BCUT2D eigenvalue weighted by Crippen LogP contribution is 2.33. The van der Waals surface area contributed by atoms with E-state index in [4.69, 9.17) is 9.47 Å². The van der Waals surface area contributed by atoms with E-state index in [0.717, 1.165) is 4.47 Å². The predicted octanol–water partition coefficient (Wildman–Crippen LogP) is 2.95. The molecule has 0 aliphatic rings. The second-order valence-corrected chi connectivity index (χ2v) is 4.58. The van der Waals surface area contributed by atoms with Crippen LogP contribution in [0.3, 0.4) is 0 Å². The lowest BCUT2D eigenvalue weighted by Gasteiger charge is -2.21. The first kappa shape index (κ1) is 14.8. The highest BCUT2D eigenvalue weighted by atomic mass is 79.9. The number of hydrogen-bond acceptors (Lipinski definition) is 3. The molecular weight excluding hydrogens is 298 g/mol. The number of carbonyl (C=O) groups is 1. The second-order valence-electron chi connectivity index (χ2n) is 3.66. The molecule has 0 aliphatic heterocycles. The fourth-order valence-corrected chi connectivity index (χ4v) is 2.18. The minimum atomic E-state index is -0.0822. The molecule has 1 amide bonds. The van der Waals surface area contributed by atoms with E-state index in [1.165, 1.54) is 0 Å². The quantitative estimate of drug-likeness (QED) is 0.838. The average molecular weight is 316 g/mol. The van der Waals surface area contributed by atoms with E-state index >= 15 is 0 Å². The van der Waals surface area contributed by atoms with Gasteiger partial charge in [0.05, 0.1) is 14.2 Å². The van der Waals surface area contributed by atoms with Gasteiger partial charge in [-0.05, 0) is 26.0 Å². The van der Waals surface area contributed by atoms with Crippen LogP contribution in [0.25, 0.3) is 0 Å². The Labute approximate surface area is 116 Å². The first-order chi connectivity index (χ1) is 8.58. The molecule has 0 N–H and O–H groups in total. The molecule has 0 bridgehead atoms. The number of ether oxygens (including phenoxy) is 2. The van der Waals surface area contributed by atoms with Crippen LogP contribution in [0, 0.1) is 0 Å². The Morgan fingerprint density at radius 1 is 1.17 bits per heavy atom. The van der Waals surface area contributed by atoms with Crippen molar-refractivity contribution >= 4 is 21.8 Å². The van der Waals surface area contributed by atoms with Gasteiger partial charge in [-0.3, -0.25) is 4.79 Å². The molecule has 100 valence electrons. The fourth-order valence-electron chi connectivity index (χ4n) is 1.76. The fraction of sp³-hybridized carbons (Fsp3) is 0.462. The van der Waals surface area contributed by atoms with E-state index < -0.39 is 0 Å². The van der Waals surface area contributed by atoms with Gasteiger partial charge in [0.1, 0.15) is 17.1 Å². The molecular formula is C13H18BrNO3. The molecule has 5 heteroatoms. The first-order valence-corrected chi connectivity index (χ1v) is 6.59. The molecule has 18 heavy (non-hydrogen) atoms. The van der Waals surface area contributed by atoms with Crippen molar-refractivity contribution in [2.45, 2.75) is 13.8 Å². The van der Waals surface area contributed by atoms with Gasteiger partial charge in [-0.25, -0.2) is 0 Å². The third-order valence-electron chi connectivity index (χ3n) is 2.74. The summed E-state index contributed by atoms with van der Waals surface area (Å²) in [6, 6.07) is 3.53. The third kappa shape index (κ3) is 2.96. The van der Waals surface area contributed by atoms with E-state index in [9.17, 15) is 4.79 Å². The summed E-state index contributed by atoms with van der Waals surface area (Å²) >= 11 is 3.36. The van der Waals surface area contributed by atoms with Crippen LogP contribution in [0.5, 0.6) is 11.5 Å². The number of halogens is 1. The Morgan fingerprint density at radius 3 is 1.94 bits per heavy atom. The maximum atomic E-state index is 12.4. The molecule has 1 aromatic rings. The first-order valence-electron chi connectivity index (χ1n) is 5.79. The molecule has 0 heterocycles. The predicted molar refractivity (Wildman–Crippen MR) is 74.5 cm³/mol. The van der Waals surface area contributed by atoms with E-state index in [-0.39, 0.29) is 5.91 Å². The number of carbonyl (C=O) groups excluding carboxylic acids is 1. The van der Waals surface area contributed by atoms with Gasteiger partial charge < -0.3 is 14.4 Å². The lowest BCUT2D eigenvalue weighted by molar-refractivity contribution is 0.0766. The minimum Gasteiger partial charge on any atom is -0.496 e. The van der Waals surface area contributed by atoms with Gasteiger partial charge in [0.2, 0.25) is 0 Å². The molecule has 0 atom stereocenters. The Morgan fingerprint density at radius 2 is 1.61 bits per heavy atom. The Balaban J connectivity index is 3.32. The minimum absolute atomic E-state index is 0.0822. The van der Waals surface area contributed by atoms with Crippen LogP contribution in [-0.2, 0) is 0 Å². The molecule has 0 saturated heterocycles. The van der Waals surface area contributed by atoms with Crippen LogP contribution >= 0.6 is 15.9 Å². The summed E-state index contributed by atoms with van der Waals surface area (Å²) in [6.07, 6.45) is 0. The molecule has 0 radical (unpaired) electrons. The highest BCUT2D eigenvalue weighted by Gasteiger charge is 2.22. The molecule has 1 rings (SSSR count). The van der Waals surface area contributed by atoms with Gasteiger partial charge >= 0.3 is 0 Å². The molecule has 0 spiro atoms. The Bertz CT molecular complexity index is 405. The summed E-state index contributed by atoms with van der Waals surface area (Å²) in [5, 5.41) is 0. The summed E-state index contributed by atoms with van der Waals surface area (Å²) < 4.78 is 11.4. The summed E-state index contributed by atoms with van der Waals surface area (Å²) in [5.41, 5.74) is 0.465. The van der Waals surface area contributed by atoms with E-state index in [1.54, 1.807) is 31.3 Å². The van der Waals surface area contributed by atoms with Crippen LogP contribution in [-0.4, -0.2) is 38.1 Å². The summed E-state index contributed by atoms with van der Waals surface area (Å²) in [7, 11) is 3.08. The SMILES string of the molecule is CCN(CC)C(=O)c1c(OC)cc(Br)cc1OC. The molecule has 0 aromatic heterocycles. The number of amides is 1. The van der Waals surface area contributed by atoms with Gasteiger partial charge in [0, 0.05) is 17.6 Å². The average Bonchev–Trinajstić information content (AvgIpc) is 2.38. The Kier molecular flexibility index (Phi) is 5.47. The van der Waals surface area contributed by atoms with Crippen molar-refractivity contribution in [3.8, 4) is 11.5 Å². The van der Waals surface area contributed by atoms with Crippen LogP contribution in [0.15, 0.2) is 16.6 Å². The smallest absolute Gasteiger partial charge is 0.261 e. The van der Waals surface area contributed by atoms with Crippen LogP contribution in [0.2, 0.25) is 0 Å². The van der Waals surface area contributed by atoms with Crippen LogP contribution in [0.1, 0.15) is 24.2 Å². The van der Waals surface area contributed by atoms with Crippen molar-refractivity contribution in [2.24, 2.45) is 0 Å². The molecule has 4 nitrogen and oxygen atoms in total. The number of rotatable bonds is 5. The standard InChI is InChI=1S/C13H18BrNO3/c1-5-15(6-2)13(16)12-10(17-3)7-9(14)8-11(12)18-4/h7-8H,5-6H2,1-4H3. The van der Waals surface area contributed by atoms with Crippen molar-refractivity contribution in [2.75, 3.05) is 27.3 Å². The summed E-state index contributed by atoms with van der Waals surface area (Å²) in [5.74, 6) is 0.942. The zero-order valence-corrected chi connectivity index (χ0v) is 12.7. The van der Waals surface area contributed by atoms with Gasteiger partial charge in [-0.2, -0.15) is 0 Å². The lowest BCUT2D eigenvalue weighted by atomic mass is 10.1. The maximum absolute atomic E-state index is 12.4. The second kappa shape index (κ2) is 6.64. The van der Waals surface area contributed by atoms with Gasteiger partial charge in [-0.15, -0.1) is 0 Å². The van der Waals surface area contributed by atoms with Crippen LogP contribution < -0.4 is 9.47 Å². The largest absolute Gasteiger partial charge is 0.496 e. The molecule has 1 aromatic carbocycles. The van der Waals surface area contributed by atoms with Crippen molar-refractivity contribution in [1.82, 2.24) is 4.90 Å². The van der Waals surface area contributed by atoms with Crippen LogP contribution in [0.4, 0.5) is 0 Å². The molecule has 0 unspecified atom stereocenters. The van der Waals surface area contributed by atoms with Crippen molar-refractivity contribution in [3.05, 3.63) is 22.2 Å². The normalized spacial score (nSPS) is 10.1. The van der Waals surface area contributed by atoms with Crippen molar-refractivity contribution in [3.63, 3.8) is 0 Å². The van der Waals surface area contributed by atoms with E-state index in [1.807, 2.05) is 13.8 Å². The number of methoxy groups -OCH3 is 2. The van der Waals surface area contributed by atoms with Gasteiger partial charge in [0.25, 0.3) is 5.91 Å². The summed E-state index contributed by atoms with van der Waals surface area (Å²) in [6.45, 7) is 5.19. The van der Waals surface area contributed by atoms with E-state index in [2.05, 4.69) is 15.9 Å². The highest BCUT2D eigenvalue weighted by molar-refractivity contribution is 9.10. The number of nitrogens with zero attached hydrogens (tertiary/aromatic N) is 1. The Hall–Kier alpha value is -1.23. The number of benzene rings is 1. The maximum Gasteiger partial charge on any atom is 0.261 e. The molecule has 0 saturated carbocycles. The van der Waals surface area contributed by atoms with Gasteiger partial charge in [-0.1, -0.05) is 15.9 Å². The zero-order chi connectivity index (χ0) is 13.7.